The van der Waals surface area contributed by atoms with E-state index >= 15 is 0 Å². The normalized spacial score (nSPS) is 11.7. The smallest absolute Gasteiger partial charge is 0.326 e. The van der Waals surface area contributed by atoms with Gasteiger partial charge in [0.25, 0.3) is 5.91 Å². The summed E-state index contributed by atoms with van der Waals surface area (Å²) in [6.45, 7) is 0. The van der Waals surface area contributed by atoms with Crippen LogP contribution in [0.5, 0.6) is 5.75 Å². The predicted octanol–water partition coefficient (Wildman–Crippen LogP) is 4.54. The van der Waals surface area contributed by atoms with Gasteiger partial charge in [0, 0.05) is 30.0 Å². The number of carbonyl (C=O) groups is 2. The molecule has 2 N–H and O–H groups in total. The van der Waals surface area contributed by atoms with Gasteiger partial charge in [-0.2, -0.15) is 0 Å². The monoisotopic (exact) mass is 476 g/mol. The number of amides is 1. The predicted molar refractivity (Wildman–Crippen MR) is 126 cm³/mol. The third-order valence-corrected chi connectivity index (χ3v) is 5.66. The van der Waals surface area contributed by atoms with E-state index in [9.17, 15) is 23.5 Å². The number of nitrogens with zero attached hydrogens (tertiary/aromatic N) is 1. The van der Waals surface area contributed by atoms with Crippen LogP contribution in [0.15, 0.2) is 72.9 Å². The molecule has 1 amide bonds. The molecule has 0 aliphatic carbocycles. The molecular formula is C27H22F2N2O4. The van der Waals surface area contributed by atoms with Crippen molar-refractivity contribution in [1.29, 1.82) is 0 Å². The van der Waals surface area contributed by atoms with Crippen molar-refractivity contribution in [2.24, 2.45) is 0 Å². The summed E-state index contributed by atoms with van der Waals surface area (Å²) >= 11 is 0. The molecule has 1 heterocycles. The first kappa shape index (κ1) is 23.8. The number of carboxylic acid groups (broad SMARTS) is 1. The molecule has 0 aliphatic rings. The van der Waals surface area contributed by atoms with Crippen LogP contribution in [0.2, 0.25) is 0 Å². The zero-order valence-electron chi connectivity index (χ0n) is 18.8. The highest BCUT2D eigenvalue weighted by molar-refractivity contribution is 5.97. The maximum atomic E-state index is 13.9. The van der Waals surface area contributed by atoms with Crippen LogP contribution in [-0.2, 0) is 17.6 Å². The Morgan fingerprint density at radius 1 is 1.00 bits per heavy atom. The Balaban J connectivity index is 1.57. The van der Waals surface area contributed by atoms with Gasteiger partial charge in [0.2, 0.25) is 0 Å². The lowest BCUT2D eigenvalue weighted by molar-refractivity contribution is -0.139. The van der Waals surface area contributed by atoms with Gasteiger partial charge >= 0.3 is 5.97 Å². The largest absolute Gasteiger partial charge is 0.496 e. The van der Waals surface area contributed by atoms with E-state index in [-0.39, 0.29) is 6.42 Å². The van der Waals surface area contributed by atoms with Crippen LogP contribution >= 0.6 is 0 Å². The standard InChI is InChI=1S/C27H22F2N2O4/c1-35-23-11-10-18-7-4-12-30-25(18)19(23)14-16-5-2-6-17(13-16)15-22(27(33)34)31-26(32)24-20(28)8-3-9-21(24)29/h2-13,22H,14-15H2,1H3,(H,31,32)(H,33,34)/t22-/m0/s1. The number of pyridine rings is 1. The van der Waals surface area contributed by atoms with Crippen molar-refractivity contribution in [3.05, 3.63) is 107 Å². The van der Waals surface area contributed by atoms with E-state index in [1.54, 1.807) is 25.4 Å². The number of aliphatic carboxylic acids is 1. The maximum Gasteiger partial charge on any atom is 0.326 e. The molecule has 178 valence electrons. The van der Waals surface area contributed by atoms with Gasteiger partial charge in [0.15, 0.2) is 0 Å². The van der Waals surface area contributed by atoms with Crippen LogP contribution in [0.1, 0.15) is 27.0 Å². The van der Waals surface area contributed by atoms with E-state index < -0.39 is 35.1 Å². The lowest BCUT2D eigenvalue weighted by Gasteiger charge is -2.16. The van der Waals surface area contributed by atoms with E-state index in [1.807, 2.05) is 36.4 Å². The van der Waals surface area contributed by atoms with Gasteiger partial charge in [-0.05, 0) is 41.5 Å². The average molecular weight is 476 g/mol. The van der Waals surface area contributed by atoms with Crippen LogP contribution in [-0.4, -0.2) is 35.1 Å². The van der Waals surface area contributed by atoms with Crippen LogP contribution in [0.3, 0.4) is 0 Å². The Kier molecular flexibility index (Phi) is 7.01. The van der Waals surface area contributed by atoms with Crippen molar-refractivity contribution in [1.82, 2.24) is 10.3 Å². The van der Waals surface area contributed by atoms with Crippen molar-refractivity contribution >= 4 is 22.8 Å². The summed E-state index contributed by atoms with van der Waals surface area (Å²) in [5.41, 5.74) is 2.40. The fraction of sp³-hybridized carbons (Fsp3) is 0.148. The lowest BCUT2D eigenvalue weighted by atomic mass is 9.97. The van der Waals surface area contributed by atoms with Gasteiger partial charge in [-0.3, -0.25) is 9.78 Å². The molecule has 35 heavy (non-hydrogen) atoms. The first-order valence-electron chi connectivity index (χ1n) is 10.8. The Morgan fingerprint density at radius 3 is 2.43 bits per heavy atom. The number of carboxylic acids is 1. The number of methoxy groups -OCH3 is 1. The van der Waals surface area contributed by atoms with Gasteiger partial charge < -0.3 is 15.2 Å². The first-order valence-corrected chi connectivity index (χ1v) is 10.8. The fourth-order valence-corrected chi connectivity index (χ4v) is 4.00. The van der Waals surface area contributed by atoms with Gasteiger partial charge in [-0.1, -0.05) is 36.4 Å². The number of halogens is 2. The number of aromatic nitrogens is 1. The number of rotatable bonds is 8. The van der Waals surface area contributed by atoms with Crippen molar-refractivity contribution in [3.8, 4) is 5.75 Å². The number of nitrogens with one attached hydrogen (secondary N) is 1. The average Bonchev–Trinajstić information content (AvgIpc) is 2.84. The summed E-state index contributed by atoms with van der Waals surface area (Å²) < 4.78 is 33.4. The van der Waals surface area contributed by atoms with E-state index in [1.165, 1.54) is 0 Å². The zero-order chi connectivity index (χ0) is 24.9. The van der Waals surface area contributed by atoms with Crippen LogP contribution < -0.4 is 10.1 Å². The third-order valence-electron chi connectivity index (χ3n) is 5.66. The molecular weight excluding hydrogens is 454 g/mol. The van der Waals surface area contributed by atoms with Gasteiger partial charge in [-0.15, -0.1) is 0 Å². The molecule has 4 rings (SSSR count). The van der Waals surface area contributed by atoms with Gasteiger partial charge in [0.05, 0.1) is 12.6 Å². The second-order valence-electron chi connectivity index (χ2n) is 7.98. The van der Waals surface area contributed by atoms with E-state index in [0.717, 1.165) is 40.2 Å². The zero-order valence-corrected chi connectivity index (χ0v) is 18.8. The quantitative estimate of drug-likeness (QED) is 0.390. The molecule has 1 aromatic heterocycles. The SMILES string of the molecule is COc1ccc2cccnc2c1Cc1cccc(C[C@H](NC(=O)c2c(F)cccc2F)C(=O)O)c1. The minimum atomic E-state index is -1.38. The van der Waals surface area contributed by atoms with Crippen molar-refractivity contribution in [3.63, 3.8) is 0 Å². The van der Waals surface area contributed by atoms with Crippen LogP contribution in [0, 0.1) is 11.6 Å². The Morgan fingerprint density at radius 2 is 1.71 bits per heavy atom. The third kappa shape index (κ3) is 5.27. The highest BCUT2D eigenvalue weighted by atomic mass is 19.1. The molecule has 0 fully saturated rings. The number of carbonyl (C=O) groups excluding carboxylic acids is 1. The molecule has 3 aromatic carbocycles. The van der Waals surface area contributed by atoms with Gasteiger partial charge in [0.1, 0.15) is 29.0 Å². The summed E-state index contributed by atoms with van der Waals surface area (Å²) in [5, 5.41) is 12.8. The molecule has 0 spiro atoms. The Bertz CT molecular complexity index is 1390. The summed E-state index contributed by atoms with van der Waals surface area (Å²) in [6, 6.07) is 16.5. The Hall–Kier alpha value is -4.33. The molecule has 1 atom stereocenters. The number of hydrogen-bond donors (Lipinski definition) is 2. The molecule has 4 aromatic rings. The number of fused-ring (bicyclic) bond motifs is 1. The highest BCUT2D eigenvalue weighted by Gasteiger charge is 2.25. The van der Waals surface area contributed by atoms with Crippen molar-refractivity contribution in [2.45, 2.75) is 18.9 Å². The van der Waals surface area contributed by atoms with Crippen LogP contribution in [0.25, 0.3) is 10.9 Å². The summed E-state index contributed by atoms with van der Waals surface area (Å²) in [7, 11) is 1.59. The first-order chi connectivity index (χ1) is 16.9. The van der Waals surface area contributed by atoms with E-state index in [2.05, 4.69) is 10.3 Å². The van der Waals surface area contributed by atoms with Crippen molar-refractivity contribution < 1.29 is 28.2 Å². The highest BCUT2D eigenvalue weighted by Crippen LogP contribution is 2.29. The lowest BCUT2D eigenvalue weighted by Crippen LogP contribution is -2.43. The molecule has 0 saturated carbocycles. The maximum absolute atomic E-state index is 13.9. The molecule has 0 radical (unpaired) electrons. The van der Waals surface area contributed by atoms with E-state index in [4.69, 9.17) is 4.74 Å². The molecule has 6 nitrogen and oxygen atoms in total. The second-order valence-corrected chi connectivity index (χ2v) is 7.98. The van der Waals surface area contributed by atoms with Crippen LogP contribution in [0.4, 0.5) is 8.78 Å². The minimum Gasteiger partial charge on any atom is -0.496 e. The number of benzene rings is 3. The molecule has 0 unspecified atom stereocenters. The molecule has 0 bridgehead atoms. The van der Waals surface area contributed by atoms with Gasteiger partial charge in [-0.25, -0.2) is 13.6 Å². The molecule has 0 aliphatic heterocycles. The topological polar surface area (TPSA) is 88.5 Å². The van der Waals surface area contributed by atoms with E-state index in [0.29, 0.717) is 17.7 Å². The minimum absolute atomic E-state index is 0.0735. The number of hydrogen-bond acceptors (Lipinski definition) is 4. The summed E-state index contributed by atoms with van der Waals surface area (Å²) in [6.07, 6.45) is 2.12. The fourth-order valence-electron chi connectivity index (χ4n) is 4.00. The molecule has 8 heteroatoms. The summed E-state index contributed by atoms with van der Waals surface area (Å²) in [5.74, 6) is -3.89. The Labute approximate surface area is 200 Å². The number of ether oxygens (including phenoxy) is 1. The molecule has 0 saturated heterocycles. The van der Waals surface area contributed by atoms with Crippen molar-refractivity contribution in [2.75, 3.05) is 7.11 Å². The second kappa shape index (κ2) is 10.3. The summed E-state index contributed by atoms with van der Waals surface area (Å²) in [4.78, 5) is 28.7.